The van der Waals surface area contributed by atoms with Gasteiger partial charge in [-0.3, -0.25) is 10.5 Å². The van der Waals surface area contributed by atoms with Crippen molar-refractivity contribution in [2.45, 2.75) is 109 Å². The molecule has 0 heterocycles. The summed E-state index contributed by atoms with van der Waals surface area (Å²) in [6.45, 7) is 4.22. The molecular formula is C19H40N2O2. The first kappa shape index (κ1) is 22.4. The summed E-state index contributed by atoms with van der Waals surface area (Å²) < 4.78 is 5.25. The van der Waals surface area contributed by atoms with Crippen LogP contribution in [0.1, 0.15) is 104 Å². The van der Waals surface area contributed by atoms with Crippen LogP contribution in [0.5, 0.6) is 0 Å². The Bertz CT molecular complexity index is 285. The fourth-order valence-electron chi connectivity index (χ4n) is 2.76. The maximum Gasteiger partial charge on any atom is 0.307 e. The highest BCUT2D eigenvalue weighted by atomic mass is 16.6. The molecule has 138 valence electrons. The van der Waals surface area contributed by atoms with E-state index in [1.165, 1.54) is 64.2 Å². The van der Waals surface area contributed by atoms with E-state index < -0.39 is 5.72 Å². The molecule has 0 aromatic carbocycles. The van der Waals surface area contributed by atoms with Gasteiger partial charge >= 0.3 is 5.97 Å². The Morgan fingerprint density at radius 2 is 1.26 bits per heavy atom. The van der Waals surface area contributed by atoms with Crippen LogP contribution in [0.15, 0.2) is 0 Å². The number of ether oxygens (including phenoxy) is 1. The Hall–Kier alpha value is -0.610. The minimum absolute atomic E-state index is 0.191. The number of esters is 1. The maximum atomic E-state index is 11.3. The van der Waals surface area contributed by atoms with Gasteiger partial charge in [0.2, 0.25) is 0 Å². The molecule has 0 aliphatic carbocycles. The number of unbranched alkanes of at least 4 members (excludes halogenated alkanes) is 11. The highest BCUT2D eigenvalue weighted by molar-refractivity contribution is 5.69. The second-order valence-corrected chi connectivity index (χ2v) is 6.74. The molecule has 1 unspecified atom stereocenters. The van der Waals surface area contributed by atoms with Crippen molar-refractivity contribution in [1.82, 2.24) is 0 Å². The van der Waals surface area contributed by atoms with Crippen LogP contribution in [-0.2, 0) is 9.53 Å². The zero-order chi connectivity index (χ0) is 17.4. The topological polar surface area (TPSA) is 78.3 Å². The Morgan fingerprint density at radius 1 is 0.826 bits per heavy atom. The largest absolute Gasteiger partial charge is 0.443 e. The summed E-state index contributed by atoms with van der Waals surface area (Å²) in [5.74, 6) is -0.267. The summed E-state index contributed by atoms with van der Waals surface area (Å²) in [7, 11) is 0. The lowest BCUT2D eigenvalue weighted by molar-refractivity contribution is -0.158. The van der Waals surface area contributed by atoms with Gasteiger partial charge in [-0.15, -0.1) is 0 Å². The molecule has 0 aliphatic heterocycles. The van der Waals surface area contributed by atoms with E-state index in [0.717, 1.165) is 12.8 Å². The van der Waals surface area contributed by atoms with E-state index >= 15 is 0 Å². The standard InChI is InChI=1S/C19H40N2O2/c1-3-5-6-7-8-9-10-11-12-13-14-15-16-19(21,17-20)23-18(22)4-2/h3-17,20-21H2,1-2H3. The predicted octanol–water partition coefficient (Wildman–Crippen LogP) is 4.64. The molecular weight excluding hydrogens is 288 g/mol. The lowest BCUT2D eigenvalue weighted by atomic mass is 10.0. The Morgan fingerprint density at radius 3 is 1.65 bits per heavy atom. The van der Waals surface area contributed by atoms with Gasteiger partial charge in [0.05, 0.1) is 0 Å². The van der Waals surface area contributed by atoms with Gasteiger partial charge in [-0.25, -0.2) is 0 Å². The van der Waals surface area contributed by atoms with Crippen LogP contribution >= 0.6 is 0 Å². The molecule has 0 saturated heterocycles. The van der Waals surface area contributed by atoms with E-state index in [-0.39, 0.29) is 12.5 Å². The SMILES string of the molecule is CCCCCCCCCCCCCCC(N)(CN)OC(=O)CC. The molecule has 0 aromatic rings. The van der Waals surface area contributed by atoms with Crippen LogP contribution in [0.2, 0.25) is 0 Å². The monoisotopic (exact) mass is 328 g/mol. The third-order valence-corrected chi connectivity index (χ3v) is 4.40. The molecule has 1 atom stereocenters. The summed E-state index contributed by atoms with van der Waals surface area (Å²) >= 11 is 0. The molecule has 23 heavy (non-hydrogen) atoms. The Kier molecular flexibility index (Phi) is 14.6. The summed E-state index contributed by atoms with van der Waals surface area (Å²) in [5.41, 5.74) is 10.7. The van der Waals surface area contributed by atoms with Crippen molar-refractivity contribution in [2.24, 2.45) is 11.5 Å². The minimum atomic E-state index is -0.967. The first-order chi connectivity index (χ1) is 11.1. The van der Waals surface area contributed by atoms with Crippen LogP contribution in [0, 0.1) is 0 Å². The van der Waals surface area contributed by atoms with E-state index in [1.54, 1.807) is 6.92 Å². The lowest BCUT2D eigenvalue weighted by Gasteiger charge is -2.27. The summed E-state index contributed by atoms with van der Waals surface area (Å²) in [4.78, 5) is 11.3. The normalized spacial score (nSPS) is 13.7. The van der Waals surface area contributed by atoms with Gasteiger partial charge in [0, 0.05) is 19.4 Å². The van der Waals surface area contributed by atoms with Gasteiger partial charge in [0.1, 0.15) is 0 Å². The van der Waals surface area contributed by atoms with Crippen molar-refractivity contribution in [2.75, 3.05) is 6.54 Å². The number of rotatable bonds is 16. The van der Waals surface area contributed by atoms with E-state index in [2.05, 4.69) is 6.92 Å². The van der Waals surface area contributed by atoms with Crippen LogP contribution in [0.25, 0.3) is 0 Å². The Balaban J connectivity index is 3.45. The number of carbonyl (C=O) groups excluding carboxylic acids is 1. The highest BCUT2D eigenvalue weighted by Gasteiger charge is 2.26. The van der Waals surface area contributed by atoms with Crippen molar-refractivity contribution in [3.8, 4) is 0 Å². The fourth-order valence-corrected chi connectivity index (χ4v) is 2.76. The fraction of sp³-hybridized carbons (Fsp3) is 0.947. The van der Waals surface area contributed by atoms with Gasteiger partial charge in [-0.1, -0.05) is 84.5 Å². The second kappa shape index (κ2) is 14.9. The molecule has 0 amide bonds. The number of hydrogen-bond donors (Lipinski definition) is 2. The van der Waals surface area contributed by atoms with Gasteiger partial charge < -0.3 is 10.5 Å². The molecule has 0 bridgehead atoms. The molecule has 0 fully saturated rings. The van der Waals surface area contributed by atoms with E-state index in [0.29, 0.717) is 12.8 Å². The zero-order valence-electron chi connectivity index (χ0n) is 15.6. The lowest BCUT2D eigenvalue weighted by Crippen LogP contribution is -2.50. The minimum Gasteiger partial charge on any atom is -0.443 e. The average Bonchev–Trinajstić information content (AvgIpc) is 2.55. The molecule has 0 rings (SSSR count). The number of hydrogen-bond acceptors (Lipinski definition) is 4. The van der Waals surface area contributed by atoms with Crippen LogP contribution in [0.3, 0.4) is 0 Å². The van der Waals surface area contributed by atoms with E-state index in [1.807, 2.05) is 0 Å². The van der Waals surface area contributed by atoms with E-state index in [9.17, 15) is 4.79 Å². The van der Waals surface area contributed by atoms with Crippen molar-refractivity contribution in [3.63, 3.8) is 0 Å². The number of carbonyl (C=O) groups is 1. The summed E-state index contributed by atoms with van der Waals surface area (Å²) in [6, 6.07) is 0. The maximum absolute atomic E-state index is 11.3. The second-order valence-electron chi connectivity index (χ2n) is 6.74. The summed E-state index contributed by atoms with van der Waals surface area (Å²) in [6.07, 6.45) is 16.7. The smallest absolute Gasteiger partial charge is 0.307 e. The summed E-state index contributed by atoms with van der Waals surface area (Å²) in [5, 5.41) is 0. The molecule has 0 aromatic heterocycles. The average molecular weight is 329 g/mol. The van der Waals surface area contributed by atoms with Crippen molar-refractivity contribution in [1.29, 1.82) is 0 Å². The Labute approximate surface area is 143 Å². The molecule has 4 nitrogen and oxygen atoms in total. The molecule has 4 N–H and O–H groups in total. The molecule has 0 spiro atoms. The van der Waals surface area contributed by atoms with E-state index in [4.69, 9.17) is 16.2 Å². The van der Waals surface area contributed by atoms with Crippen LogP contribution < -0.4 is 11.5 Å². The van der Waals surface area contributed by atoms with Gasteiger partial charge in [-0.2, -0.15) is 0 Å². The van der Waals surface area contributed by atoms with Gasteiger partial charge in [-0.05, 0) is 6.42 Å². The first-order valence-electron chi connectivity index (χ1n) is 9.78. The van der Waals surface area contributed by atoms with Crippen LogP contribution in [0.4, 0.5) is 0 Å². The highest BCUT2D eigenvalue weighted by Crippen LogP contribution is 2.16. The van der Waals surface area contributed by atoms with Crippen molar-refractivity contribution >= 4 is 5.97 Å². The van der Waals surface area contributed by atoms with Crippen molar-refractivity contribution < 1.29 is 9.53 Å². The number of nitrogens with two attached hydrogens (primary N) is 2. The predicted molar refractivity (Wildman–Crippen MR) is 98.1 cm³/mol. The van der Waals surface area contributed by atoms with Crippen LogP contribution in [-0.4, -0.2) is 18.2 Å². The van der Waals surface area contributed by atoms with Gasteiger partial charge in [0.15, 0.2) is 5.72 Å². The molecule has 0 aliphatic rings. The zero-order valence-corrected chi connectivity index (χ0v) is 15.6. The molecule has 4 heteroatoms. The first-order valence-corrected chi connectivity index (χ1v) is 9.78. The van der Waals surface area contributed by atoms with Crippen molar-refractivity contribution in [3.05, 3.63) is 0 Å². The van der Waals surface area contributed by atoms with Gasteiger partial charge in [0.25, 0.3) is 0 Å². The molecule has 0 saturated carbocycles. The third-order valence-electron chi connectivity index (χ3n) is 4.40. The quantitative estimate of drug-likeness (QED) is 0.246. The molecule has 0 radical (unpaired) electrons. The third kappa shape index (κ3) is 13.5.